The Bertz CT molecular complexity index is 832. The summed E-state index contributed by atoms with van der Waals surface area (Å²) in [5.74, 6) is -0.0111. The van der Waals surface area contributed by atoms with Crippen molar-refractivity contribution in [2.45, 2.75) is 13.3 Å². The quantitative estimate of drug-likeness (QED) is 0.675. The van der Waals surface area contributed by atoms with Crippen molar-refractivity contribution in [1.29, 1.82) is 0 Å². The number of H-pyrrole nitrogens is 2. The van der Waals surface area contributed by atoms with Crippen molar-refractivity contribution in [1.82, 2.24) is 9.97 Å². The Morgan fingerprint density at radius 1 is 1.29 bits per heavy atom. The maximum atomic E-state index is 11.7. The van der Waals surface area contributed by atoms with Crippen LogP contribution in [0.25, 0.3) is 21.8 Å². The molecule has 0 spiro atoms. The number of aromatic amines is 2. The van der Waals surface area contributed by atoms with Gasteiger partial charge in [0.2, 0.25) is 0 Å². The van der Waals surface area contributed by atoms with Gasteiger partial charge in [0.25, 0.3) is 5.56 Å². The van der Waals surface area contributed by atoms with Gasteiger partial charge < -0.3 is 19.8 Å². The van der Waals surface area contributed by atoms with Gasteiger partial charge in [-0.15, -0.1) is 0 Å². The number of carbonyl (C=O) groups is 1. The average Bonchev–Trinajstić information content (AvgIpc) is 2.97. The first-order valence-corrected chi connectivity index (χ1v) is 6.45. The monoisotopic (exact) mass is 288 g/mol. The van der Waals surface area contributed by atoms with E-state index in [2.05, 4.69) is 9.97 Å². The van der Waals surface area contributed by atoms with Gasteiger partial charge in [-0.25, -0.2) is 0 Å². The zero-order valence-corrected chi connectivity index (χ0v) is 11.8. The van der Waals surface area contributed by atoms with Crippen LogP contribution in [0, 0.1) is 0 Å². The second kappa shape index (κ2) is 6.13. The minimum Gasteiger partial charge on any atom is -0.497 e. The molecular weight excluding hydrogens is 272 g/mol. The SMILES string of the molecule is CCC(=O)O.COc1ccc2c(c1)[nH]c(=O)c1[nH]ccc12. The summed E-state index contributed by atoms with van der Waals surface area (Å²) in [5, 5.41) is 9.66. The summed E-state index contributed by atoms with van der Waals surface area (Å²) in [6, 6.07) is 7.55. The van der Waals surface area contributed by atoms with Crippen LogP contribution in [-0.4, -0.2) is 28.2 Å². The molecule has 3 N–H and O–H groups in total. The van der Waals surface area contributed by atoms with Crippen molar-refractivity contribution in [3.63, 3.8) is 0 Å². The molecule has 6 nitrogen and oxygen atoms in total. The maximum absolute atomic E-state index is 11.7. The minimum atomic E-state index is -0.745. The summed E-state index contributed by atoms with van der Waals surface area (Å²) in [4.78, 5) is 26.9. The molecule has 2 heterocycles. The van der Waals surface area contributed by atoms with Crippen molar-refractivity contribution in [3.8, 4) is 5.75 Å². The molecule has 1 aromatic carbocycles. The molecule has 0 unspecified atom stereocenters. The summed E-state index contributed by atoms with van der Waals surface area (Å²) in [7, 11) is 1.61. The molecule has 2 aromatic heterocycles. The molecule has 0 radical (unpaired) electrons. The number of aromatic nitrogens is 2. The van der Waals surface area contributed by atoms with Gasteiger partial charge in [-0.2, -0.15) is 0 Å². The number of benzene rings is 1. The zero-order chi connectivity index (χ0) is 15.4. The Balaban J connectivity index is 0.000000282. The van der Waals surface area contributed by atoms with E-state index in [0.717, 1.165) is 22.0 Å². The van der Waals surface area contributed by atoms with Gasteiger partial charge in [0.05, 0.1) is 12.6 Å². The lowest BCUT2D eigenvalue weighted by Crippen LogP contribution is -2.05. The number of nitrogens with one attached hydrogen (secondary N) is 2. The van der Waals surface area contributed by atoms with Crippen molar-refractivity contribution in [3.05, 3.63) is 40.8 Å². The topological polar surface area (TPSA) is 95.2 Å². The van der Waals surface area contributed by atoms with Gasteiger partial charge >= 0.3 is 5.97 Å². The van der Waals surface area contributed by atoms with E-state index in [1.54, 1.807) is 20.2 Å². The van der Waals surface area contributed by atoms with Crippen LogP contribution >= 0.6 is 0 Å². The fourth-order valence-electron chi connectivity index (χ4n) is 1.96. The molecule has 3 rings (SSSR count). The van der Waals surface area contributed by atoms with E-state index in [9.17, 15) is 9.59 Å². The second-order valence-corrected chi connectivity index (χ2v) is 4.38. The molecule has 0 saturated carbocycles. The van der Waals surface area contributed by atoms with Gasteiger partial charge in [0.1, 0.15) is 11.3 Å². The standard InChI is InChI=1S/C12H10N2O2.C3H6O2/c1-16-7-2-3-8-9-4-5-13-11(9)12(15)14-10(8)6-7;1-2-3(4)5/h2-6,13H,1H3,(H,14,15);2H2,1H3,(H,4,5). The lowest BCUT2D eigenvalue weighted by molar-refractivity contribution is -0.136. The predicted molar refractivity (Wildman–Crippen MR) is 80.9 cm³/mol. The number of rotatable bonds is 2. The minimum absolute atomic E-state index is 0.110. The number of hydrogen-bond donors (Lipinski definition) is 3. The highest BCUT2D eigenvalue weighted by atomic mass is 16.5. The molecule has 0 amide bonds. The van der Waals surface area contributed by atoms with Crippen LogP contribution in [0.1, 0.15) is 13.3 Å². The Labute approximate surface area is 120 Å². The van der Waals surface area contributed by atoms with Gasteiger partial charge in [0.15, 0.2) is 0 Å². The number of pyridine rings is 1. The van der Waals surface area contributed by atoms with Crippen LogP contribution in [0.15, 0.2) is 35.3 Å². The van der Waals surface area contributed by atoms with E-state index < -0.39 is 5.97 Å². The predicted octanol–water partition coefficient (Wildman–Crippen LogP) is 2.50. The van der Waals surface area contributed by atoms with Gasteiger partial charge in [-0.3, -0.25) is 9.59 Å². The highest BCUT2D eigenvalue weighted by Crippen LogP contribution is 2.23. The lowest BCUT2D eigenvalue weighted by Gasteiger charge is -2.03. The summed E-state index contributed by atoms with van der Waals surface area (Å²) in [6.07, 6.45) is 1.99. The van der Waals surface area contributed by atoms with Crippen LogP contribution in [0.4, 0.5) is 0 Å². The molecule has 21 heavy (non-hydrogen) atoms. The van der Waals surface area contributed by atoms with E-state index in [-0.39, 0.29) is 12.0 Å². The Kier molecular flexibility index (Phi) is 4.27. The van der Waals surface area contributed by atoms with Crippen LogP contribution < -0.4 is 10.3 Å². The van der Waals surface area contributed by atoms with Crippen LogP contribution in [-0.2, 0) is 4.79 Å². The van der Waals surface area contributed by atoms with E-state index in [4.69, 9.17) is 9.84 Å². The first-order chi connectivity index (χ1) is 10.1. The number of ether oxygens (including phenoxy) is 1. The molecule has 6 heteroatoms. The van der Waals surface area contributed by atoms with Crippen molar-refractivity contribution >= 4 is 27.8 Å². The molecule has 0 saturated heterocycles. The van der Waals surface area contributed by atoms with Crippen LogP contribution in [0.5, 0.6) is 5.75 Å². The molecular formula is C15H16N2O4. The third-order valence-corrected chi connectivity index (χ3v) is 3.04. The molecule has 0 fully saturated rings. The summed E-state index contributed by atoms with van der Waals surface area (Å²) < 4.78 is 5.13. The van der Waals surface area contributed by atoms with Crippen LogP contribution in [0.2, 0.25) is 0 Å². The number of fused-ring (bicyclic) bond motifs is 3. The molecule has 0 aliphatic carbocycles. The Morgan fingerprint density at radius 2 is 2.00 bits per heavy atom. The van der Waals surface area contributed by atoms with Gasteiger partial charge in [0, 0.05) is 29.5 Å². The largest absolute Gasteiger partial charge is 0.497 e. The zero-order valence-electron chi connectivity index (χ0n) is 11.8. The fraction of sp³-hybridized carbons (Fsp3) is 0.200. The van der Waals surface area contributed by atoms with Crippen molar-refractivity contribution in [2.24, 2.45) is 0 Å². The van der Waals surface area contributed by atoms with Crippen molar-refractivity contribution < 1.29 is 14.6 Å². The number of methoxy groups -OCH3 is 1. The molecule has 110 valence electrons. The number of aliphatic carboxylic acids is 1. The molecule has 0 atom stereocenters. The third-order valence-electron chi connectivity index (χ3n) is 3.04. The van der Waals surface area contributed by atoms with E-state index >= 15 is 0 Å². The highest BCUT2D eigenvalue weighted by Gasteiger charge is 2.06. The van der Waals surface area contributed by atoms with Crippen molar-refractivity contribution in [2.75, 3.05) is 7.11 Å². The van der Waals surface area contributed by atoms with Crippen LogP contribution in [0.3, 0.4) is 0 Å². The number of carboxylic acid groups (broad SMARTS) is 1. The molecule has 0 bridgehead atoms. The highest BCUT2D eigenvalue weighted by molar-refractivity contribution is 6.04. The summed E-state index contributed by atoms with van der Waals surface area (Å²) in [6.45, 7) is 1.60. The smallest absolute Gasteiger partial charge is 0.303 e. The molecule has 0 aliphatic rings. The third kappa shape index (κ3) is 3.05. The number of hydrogen-bond acceptors (Lipinski definition) is 3. The Morgan fingerprint density at radius 3 is 2.62 bits per heavy atom. The number of carboxylic acids is 1. The summed E-state index contributed by atoms with van der Waals surface area (Å²) in [5.41, 5.74) is 1.29. The first kappa shape index (κ1) is 14.6. The fourth-order valence-corrected chi connectivity index (χ4v) is 1.96. The second-order valence-electron chi connectivity index (χ2n) is 4.38. The normalized spacial score (nSPS) is 10.2. The van der Waals surface area contributed by atoms with E-state index in [0.29, 0.717) is 5.52 Å². The molecule has 3 aromatic rings. The summed E-state index contributed by atoms with van der Waals surface area (Å²) >= 11 is 0. The van der Waals surface area contributed by atoms with Gasteiger partial charge in [-0.1, -0.05) is 6.92 Å². The molecule has 0 aliphatic heterocycles. The first-order valence-electron chi connectivity index (χ1n) is 6.45. The average molecular weight is 288 g/mol. The van der Waals surface area contributed by atoms with Gasteiger partial charge in [-0.05, 0) is 18.2 Å². The van der Waals surface area contributed by atoms with E-state index in [1.807, 2.05) is 24.3 Å². The maximum Gasteiger partial charge on any atom is 0.303 e. The van der Waals surface area contributed by atoms with E-state index in [1.165, 1.54) is 0 Å². The Hall–Kier alpha value is -2.76. The lowest BCUT2D eigenvalue weighted by atomic mass is 10.1.